The third kappa shape index (κ3) is 1.72. The Kier molecular flexibility index (Phi) is 2.54. The molecule has 0 fully saturated rings. The minimum absolute atomic E-state index is 0.217. The molecule has 78 valence electrons. The fourth-order valence-corrected chi connectivity index (χ4v) is 3.11. The van der Waals surface area contributed by atoms with E-state index in [9.17, 15) is 9.59 Å². The van der Waals surface area contributed by atoms with E-state index in [1.165, 1.54) is 7.05 Å². The highest BCUT2D eigenvalue weighted by Crippen LogP contribution is 1.97. The summed E-state index contributed by atoms with van der Waals surface area (Å²) in [6.07, 6.45) is 0. The van der Waals surface area contributed by atoms with E-state index in [0.717, 1.165) is 9.88 Å². The van der Waals surface area contributed by atoms with Crippen LogP contribution in [-0.4, -0.2) is 17.2 Å². The van der Waals surface area contributed by atoms with Gasteiger partial charge in [0.25, 0.3) is 5.56 Å². The third-order valence-electron chi connectivity index (χ3n) is 2.29. The second-order valence-electron chi connectivity index (χ2n) is 4.52. The summed E-state index contributed by atoms with van der Waals surface area (Å²) in [6, 6.07) is 1.58. The maximum atomic E-state index is 11.6. The fraction of sp³-hybridized carbons (Fsp3) is 0.556. The zero-order valence-corrected chi connectivity index (χ0v) is 10.3. The highest BCUT2D eigenvalue weighted by molar-refractivity contribution is 6.88. The van der Waals surface area contributed by atoms with Gasteiger partial charge in [-0.3, -0.25) is 9.36 Å². The Bertz CT molecular complexity index is 465. The molecule has 1 aromatic rings. The molecule has 1 aromatic heterocycles. The molecule has 0 aliphatic carbocycles. The van der Waals surface area contributed by atoms with Crippen LogP contribution in [0.5, 0.6) is 0 Å². The summed E-state index contributed by atoms with van der Waals surface area (Å²) in [5.74, 6) is 0. The maximum Gasteiger partial charge on any atom is 0.330 e. The van der Waals surface area contributed by atoms with Crippen LogP contribution in [0, 0.1) is 0 Å². The highest BCUT2D eigenvalue weighted by atomic mass is 28.3. The van der Waals surface area contributed by atoms with Crippen LogP contribution in [0.25, 0.3) is 0 Å². The monoisotopic (exact) mass is 212 g/mol. The molecule has 0 aliphatic heterocycles. The molecule has 1 heterocycles. The maximum absolute atomic E-state index is 11.6. The lowest BCUT2D eigenvalue weighted by Gasteiger charge is -2.20. The summed E-state index contributed by atoms with van der Waals surface area (Å²) < 4.78 is 2.71. The van der Waals surface area contributed by atoms with Crippen molar-refractivity contribution in [2.24, 2.45) is 14.1 Å². The van der Waals surface area contributed by atoms with Crippen molar-refractivity contribution < 1.29 is 0 Å². The molecule has 0 atom stereocenters. The minimum Gasteiger partial charge on any atom is -0.305 e. The normalized spacial score (nSPS) is 11.8. The van der Waals surface area contributed by atoms with Gasteiger partial charge in [-0.2, -0.15) is 0 Å². The summed E-state index contributed by atoms with van der Waals surface area (Å²) in [4.78, 5) is 23.0. The Balaban J connectivity index is 3.67. The quantitative estimate of drug-likeness (QED) is 0.596. The SMILES string of the molecule is Cn1c([Si](C)(C)C)cc(=O)n(C)c1=O. The average molecular weight is 212 g/mol. The molecular formula is C9H16N2O2Si. The smallest absolute Gasteiger partial charge is 0.305 e. The van der Waals surface area contributed by atoms with Gasteiger partial charge in [0.1, 0.15) is 0 Å². The predicted molar refractivity (Wildman–Crippen MR) is 59.9 cm³/mol. The van der Waals surface area contributed by atoms with Crippen LogP contribution >= 0.6 is 0 Å². The van der Waals surface area contributed by atoms with Crippen LogP contribution in [0.3, 0.4) is 0 Å². The molecule has 14 heavy (non-hydrogen) atoms. The Labute approximate surface area is 83.8 Å². The van der Waals surface area contributed by atoms with E-state index in [1.54, 1.807) is 17.7 Å². The van der Waals surface area contributed by atoms with Gasteiger partial charge in [-0.25, -0.2) is 4.79 Å². The van der Waals surface area contributed by atoms with Crippen LogP contribution < -0.4 is 16.6 Å². The first-order valence-electron chi connectivity index (χ1n) is 4.52. The first-order chi connectivity index (χ1) is 6.25. The third-order valence-corrected chi connectivity index (χ3v) is 4.31. The van der Waals surface area contributed by atoms with Gasteiger partial charge >= 0.3 is 5.69 Å². The molecule has 1 rings (SSSR count). The molecular weight excluding hydrogens is 196 g/mol. The van der Waals surface area contributed by atoms with Crippen molar-refractivity contribution in [3.8, 4) is 0 Å². The Morgan fingerprint density at radius 1 is 1.07 bits per heavy atom. The van der Waals surface area contributed by atoms with E-state index in [2.05, 4.69) is 19.6 Å². The topological polar surface area (TPSA) is 44.0 Å². The summed E-state index contributed by atoms with van der Waals surface area (Å²) in [6.45, 7) is 6.34. The number of hydrogen-bond donors (Lipinski definition) is 0. The zero-order valence-electron chi connectivity index (χ0n) is 9.29. The first kappa shape index (κ1) is 11.0. The van der Waals surface area contributed by atoms with Crippen LogP contribution in [0.4, 0.5) is 0 Å². The van der Waals surface area contributed by atoms with Gasteiger partial charge in [-0.15, -0.1) is 0 Å². The van der Waals surface area contributed by atoms with Gasteiger partial charge in [0.05, 0.1) is 8.07 Å². The summed E-state index contributed by atoms with van der Waals surface area (Å²) in [7, 11) is 1.60. The number of nitrogens with zero attached hydrogens (tertiary/aromatic N) is 2. The van der Waals surface area contributed by atoms with Gasteiger partial charge in [-0.1, -0.05) is 19.6 Å². The summed E-state index contributed by atoms with van der Waals surface area (Å²) in [5.41, 5.74) is -0.458. The van der Waals surface area contributed by atoms with Gasteiger partial charge in [-0.05, 0) is 0 Å². The Morgan fingerprint density at radius 2 is 1.57 bits per heavy atom. The zero-order chi connectivity index (χ0) is 11.1. The van der Waals surface area contributed by atoms with E-state index in [1.807, 2.05) is 0 Å². The van der Waals surface area contributed by atoms with Crippen molar-refractivity contribution in [2.45, 2.75) is 19.6 Å². The van der Waals surface area contributed by atoms with E-state index < -0.39 is 8.07 Å². The van der Waals surface area contributed by atoms with Gasteiger partial charge in [0, 0.05) is 25.5 Å². The van der Waals surface area contributed by atoms with Crippen molar-refractivity contribution >= 4 is 13.4 Å². The highest BCUT2D eigenvalue weighted by Gasteiger charge is 2.21. The van der Waals surface area contributed by atoms with Crippen LogP contribution in [0.2, 0.25) is 19.6 Å². The number of rotatable bonds is 1. The van der Waals surface area contributed by atoms with E-state index in [-0.39, 0.29) is 11.2 Å². The molecule has 0 radical (unpaired) electrons. The van der Waals surface area contributed by atoms with Crippen molar-refractivity contribution in [2.75, 3.05) is 0 Å². The van der Waals surface area contributed by atoms with Crippen molar-refractivity contribution in [1.82, 2.24) is 9.13 Å². The molecule has 0 saturated heterocycles. The van der Waals surface area contributed by atoms with Crippen molar-refractivity contribution in [3.05, 3.63) is 26.9 Å². The first-order valence-corrected chi connectivity index (χ1v) is 8.02. The molecule has 0 spiro atoms. The van der Waals surface area contributed by atoms with Crippen molar-refractivity contribution in [3.63, 3.8) is 0 Å². The molecule has 0 bridgehead atoms. The molecule has 0 N–H and O–H groups in total. The predicted octanol–water partition coefficient (Wildman–Crippen LogP) is -0.371. The van der Waals surface area contributed by atoms with Gasteiger partial charge < -0.3 is 4.57 Å². The molecule has 0 aliphatic rings. The van der Waals surface area contributed by atoms with Gasteiger partial charge in [0.15, 0.2) is 0 Å². The second kappa shape index (κ2) is 3.24. The molecule has 4 nitrogen and oxygen atoms in total. The molecule has 0 aromatic carbocycles. The number of hydrogen-bond acceptors (Lipinski definition) is 2. The summed E-state index contributed by atoms with van der Waals surface area (Å²) in [5, 5.41) is 0.894. The van der Waals surface area contributed by atoms with Crippen LogP contribution in [0.1, 0.15) is 0 Å². The standard InChI is InChI=1S/C9H16N2O2Si/c1-10-7(12)6-8(14(3,4)5)11(2)9(10)13/h6H,1-5H3. The van der Waals surface area contributed by atoms with Crippen molar-refractivity contribution in [1.29, 1.82) is 0 Å². The average Bonchev–Trinajstić information content (AvgIpc) is 2.06. The summed E-state index contributed by atoms with van der Waals surface area (Å²) >= 11 is 0. The molecule has 0 unspecified atom stereocenters. The lowest BCUT2D eigenvalue weighted by atomic mass is 10.6. The number of aromatic nitrogens is 2. The largest absolute Gasteiger partial charge is 0.330 e. The molecule has 0 amide bonds. The Morgan fingerprint density at radius 3 is 2.00 bits per heavy atom. The molecule has 5 heteroatoms. The minimum atomic E-state index is -1.61. The lowest BCUT2D eigenvalue weighted by molar-refractivity contribution is 0.698. The second-order valence-corrected chi connectivity index (χ2v) is 9.53. The fourth-order valence-electron chi connectivity index (χ4n) is 1.45. The lowest BCUT2D eigenvalue weighted by Crippen LogP contribution is -2.53. The van der Waals surface area contributed by atoms with Crippen LogP contribution in [0.15, 0.2) is 15.7 Å². The molecule has 0 saturated carbocycles. The van der Waals surface area contributed by atoms with E-state index in [4.69, 9.17) is 0 Å². The van der Waals surface area contributed by atoms with Crippen LogP contribution in [-0.2, 0) is 14.1 Å². The van der Waals surface area contributed by atoms with Gasteiger partial charge in [0.2, 0.25) is 0 Å². The Hall–Kier alpha value is -1.10. The van der Waals surface area contributed by atoms with E-state index in [0.29, 0.717) is 0 Å². The van der Waals surface area contributed by atoms with E-state index >= 15 is 0 Å².